The van der Waals surface area contributed by atoms with Crippen molar-refractivity contribution in [3.63, 3.8) is 0 Å². The molecule has 2 aliphatic rings. The molecule has 0 saturated heterocycles. The second-order valence-electron chi connectivity index (χ2n) is 8.96. The van der Waals surface area contributed by atoms with Crippen molar-refractivity contribution in [3.05, 3.63) is 84.1 Å². The van der Waals surface area contributed by atoms with E-state index in [1.165, 1.54) is 17.0 Å². The number of halogens is 4. The maximum Gasteiger partial charge on any atom is 0.416 e. The Bertz CT molecular complexity index is 1320. The van der Waals surface area contributed by atoms with Crippen LogP contribution in [0.4, 0.5) is 18.9 Å². The van der Waals surface area contributed by atoms with Gasteiger partial charge in [-0.05, 0) is 56.0 Å². The summed E-state index contributed by atoms with van der Waals surface area (Å²) in [7, 11) is 0. The first-order valence-electron chi connectivity index (χ1n) is 11.7. The van der Waals surface area contributed by atoms with Gasteiger partial charge in [0.1, 0.15) is 17.9 Å². The number of carbonyl (C=O) groups excluding carboxylic acids is 2. The summed E-state index contributed by atoms with van der Waals surface area (Å²) in [6.07, 6.45) is 0.188. The minimum atomic E-state index is -4.52. The zero-order valence-corrected chi connectivity index (χ0v) is 20.5. The average molecular weight is 529 g/mol. The molecule has 2 amide bonds. The predicted octanol–water partition coefficient (Wildman–Crippen LogP) is 5.73. The van der Waals surface area contributed by atoms with Crippen LogP contribution in [0.3, 0.4) is 0 Å². The van der Waals surface area contributed by atoms with Gasteiger partial charge in [-0.2, -0.15) is 13.2 Å². The van der Waals surface area contributed by atoms with Crippen LogP contribution in [0.15, 0.2) is 77.9 Å². The number of anilines is 1. The lowest BCUT2D eigenvalue weighted by atomic mass is 10.0. The molecule has 1 fully saturated rings. The molecule has 192 valence electrons. The lowest BCUT2D eigenvalue weighted by molar-refractivity contribution is -0.137. The molecule has 0 atom stereocenters. The van der Waals surface area contributed by atoms with E-state index in [1.54, 1.807) is 6.20 Å². The lowest BCUT2D eigenvalue weighted by Gasteiger charge is -2.32. The Balaban J connectivity index is 0.00000320. The van der Waals surface area contributed by atoms with Gasteiger partial charge in [-0.25, -0.2) is 0 Å². The number of nitrogens with zero attached hydrogens (tertiary/aromatic N) is 3. The summed E-state index contributed by atoms with van der Waals surface area (Å²) in [5.41, 5.74) is 1.00. The van der Waals surface area contributed by atoms with Crippen LogP contribution >= 0.6 is 12.4 Å². The summed E-state index contributed by atoms with van der Waals surface area (Å²) >= 11 is 0. The standard InChI is InChI=1S/C27H23F3N4O2.ClH/c28-27(29,30)20-6-5-7-21(16-20)32-23(35)17-34-25(36)24(33-26(34)13-2-3-14-26)19-11-9-18(10-12-19)22-8-1-4-15-31-22;/h1,4-12,15-16H,2-3,13-14,17H2,(H,32,35);1H. The summed E-state index contributed by atoms with van der Waals surface area (Å²) in [6, 6.07) is 17.4. The van der Waals surface area contributed by atoms with Gasteiger partial charge in [0.15, 0.2) is 0 Å². The smallest absolute Gasteiger partial charge is 0.325 e. The molecule has 10 heteroatoms. The zero-order valence-electron chi connectivity index (χ0n) is 19.7. The van der Waals surface area contributed by atoms with Crippen molar-refractivity contribution in [1.82, 2.24) is 9.88 Å². The van der Waals surface area contributed by atoms with Gasteiger partial charge >= 0.3 is 6.18 Å². The monoisotopic (exact) mass is 528 g/mol. The van der Waals surface area contributed by atoms with E-state index < -0.39 is 23.3 Å². The number of hydrogen-bond donors (Lipinski definition) is 1. The van der Waals surface area contributed by atoms with Crippen LogP contribution in [-0.2, 0) is 15.8 Å². The summed E-state index contributed by atoms with van der Waals surface area (Å²) in [4.78, 5) is 36.9. The Labute approximate surface area is 218 Å². The van der Waals surface area contributed by atoms with E-state index in [0.717, 1.165) is 36.2 Å². The van der Waals surface area contributed by atoms with E-state index in [2.05, 4.69) is 10.3 Å². The van der Waals surface area contributed by atoms with Gasteiger partial charge in [0, 0.05) is 23.0 Å². The zero-order chi connectivity index (χ0) is 25.3. The van der Waals surface area contributed by atoms with Crippen molar-refractivity contribution in [3.8, 4) is 11.3 Å². The summed E-state index contributed by atoms with van der Waals surface area (Å²) < 4.78 is 39.1. The second-order valence-corrected chi connectivity index (χ2v) is 8.96. The van der Waals surface area contributed by atoms with Crippen molar-refractivity contribution >= 4 is 35.6 Å². The molecule has 2 aromatic carbocycles. The highest BCUT2D eigenvalue weighted by Gasteiger charge is 2.49. The highest BCUT2D eigenvalue weighted by molar-refractivity contribution is 6.47. The van der Waals surface area contributed by atoms with Crippen LogP contribution in [-0.4, -0.2) is 39.6 Å². The number of benzene rings is 2. The first kappa shape index (κ1) is 26.3. The average Bonchev–Trinajstić information content (AvgIpc) is 3.45. The van der Waals surface area contributed by atoms with Gasteiger partial charge in [-0.15, -0.1) is 12.4 Å². The molecule has 1 saturated carbocycles. The number of carbonyl (C=O) groups is 2. The fourth-order valence-corrected chi connectivity index (χ4v) is 4.81. The molecule has 37 heavy (non-hydrogen) atoms. The molecule has 2 heterocycles. The van der Waals surface area contributed by atoms with Crippen LogP contribution in [0.5, 0.6) is 0 Å². The number of amides is 2. The molecule has 1 aliphatic heterocycles. The van der Waals surface area contributed by atoms with E-state index in [-0.39, 0.29) is 36.3 Å². The Morgan fingerprint density at radius 2 is 1.68 bits per heavy atom. The normalized spacial score (nSPS) is 16.5. The van der Waals surface area contributed by atoms with Crippen molar-refractivity contribution < 1.29 is 22.8 Å². The van der Waals surface area contributed by atoms with Gasteiger partial charge < -0.3 is 10.2 Å². The summed E-state index contributed by atoms with van der Waals surface area (Å²) in [5.74, 6) is -0.933. The largest absolute Gasteiger partial charge is 0.416 e. The third-order valence-electron chi connectivity index (χ3n) is 6.57. The van der Waals surface area contributed by atoms with Crippen LogP contribution in [0, 0.1) is 0 Å². The van der Waals surface area contributed by atoms with E-state index in [9.17, 15) is 22.8 Å². The molecule has 1 spiro atoms. The minimum Gasteiger partial charge on any atom is -0.325 e. The predicted molar refractivity (Wildman–Crippen MR) is 136 cm³/mol. The second kappa shape index (κ2) is 10.3. The highest BCUT2D eigenvalue weighted by atomic mass is 35.5. The van der Waals surface area contributed by atoms with Gasteiger partial charge in [-0.3, -0.25) is 19.6 Å². The van der Waals surface area contributed by atoms with Gasteiger partial charge in [0.05, 0.1) is 11.3 Å². The first-order valence-corrected chi connectivity index (χ1v) is 11.7. The van der Waals surface area contributed by atoms with Gasteiger partial charge in [0.2, 0.25) is 5.91 Å². The third kappa shape index (κ3) is 5.36. The maximum atomic E-state index is 13.4. The molecule has 0 unspecified atom stereocenters. The number of aromatic nitrogens is 1. The molecule has 1 aromatic heterocycles. The summed E-state index contributed by atoms with van der Waals surface area (Å²) in [5, 5.41) is 2.50. The molecule has 3 aromatic rings. The molecule has 0 radical (unpaired) electrons. The topological polar surface area (TPSA) is 74.7 Å². The Kier molecular flexibility index (Phi) is 7.36. The van der Waals surface area contributed by atoms with E-state index in [1.807, 2.05) is 42.5 Å². The van der Waals surface area contributed by atoms with Crippen molar-refractivity contribution in [2.45, 2.75) is 37.5 Å². The van der Waals surface area contributed by atoms with Crippen molar-refractivity contribution in [1.29, 1.82) is 0 Å². The maximum absolute atomic E-state index is 13.4. The van der Waals surface area contributed by atoms with E-state index >= 15 is 0 Å². The van der Waals surface area contributed by atoms with Crippen molar-refractivity contribution in [2.75, 3.05) is 11.9 Å². The van der Waals surface area contributed by atoms with Crippen molar-refractivity contribution in [2.24, 2.45) is 4.99 Å². The molecule has 0 bridgehead atoms. The number of nitrogens with one attached hydrogen (secondary N) is 1. The Hall–Kier alpha value is -3.72. The van der Waals surface area contributed by atoms with Crippen LogP contribution in [0.25, 0.3) is 11.3 Å². The SMILES string of the molecule is Cl.O=C(CN1C(=O)C(c2ccc(-c3ccccn3)cc2)=NC12CCCC2)Nc1cccc(C(F)(F)F)c1. The quantitative estimate of drug-likeness (QED) is 0.459. The molecule has 5 rings (SSSR count). The van der Waals surface area contributed by atoms with Gasteiger partial charge in [0.25, 0.3) is 5.91 Å². The van der Waals surface area contributed by atoms with Crippen LogP contribution in [0.2, 0.25) is 0 Å². The third-order valence-corrected chi connectivity index (χ3v) is 6.57. The number of alkyl halides is 3. The Morgan fingerprint density at radius 3 is 2.32 bits per heavy atom. The fourth-order valence-electron chi connectivity index (χ4n) is 4.81. The van der Waals surface area contributed by atoms with Crippen LogP contribution in [0.1, 0.15) is 36.8 Å². The molecular weight excluding hydrogens is 505 g/mol. The number of hydrogen-bond acceptors (Lipinski definition) is 4. The highest BCUT2D eigenvalue weighted by Crippen LogP contribution is 2.41. The first-order chi connectivity index (χ1) is 17.2. The van der Waals surface area contributed by atoms with E-state index in [4.69, 9.17) is 4.99 Å². The van der Waals surface area contributed by atoms with Gasteiger partial charge in [-0.1, -0.05) is 36.4 Å². The molecule has 1 N–H and O–H groups in total. The fraction of sp³-hybridized carbons (Fsp3) is 0.259. The van der Waals surface area contributed by atoms with Crippen LogP contribution < -0.4 is 5.32 Å². The Morgan fingerprint density at radius 1 is 0.973 bits per heavy atom. The molecule has 6 nitrogen and oxygen atoms in total. The lowest BCUT2D eigenvalue weighted by Crippen LogP contribution is -2.48. The summed E-state index contributed by atoms with van der Waals surface area (Å²) in [6.45, 7) is -0.298. The minimum absolute atomic E-state index is 0. The molecule has 1 aliphatic carbocycles. The number of rotatable bonds is 5. The number of pyridine rings is 1. The molecular formula is C27H24ClF3N4O2. The van der Waals surface area contributed by atoms with E-state index in [0.29, 0.717) is 18.4 Å². The number of aliphatic imine (C=N–C) groups is 1.